The summed E-state index contributed by atoms with van der Waals surface area (Å²) in [5.41, 5.74) is 2.73. The molecule has 1 aliphatic heterocycles. The quantitative estimate of drug-likeness (QED) is 0.625. The lowest BCUT2D eigenvalue weighted by Crippen LogP contribution is -2.38. The Morgan fingerprint density at radius 2 is 1.91 bits per heavy atom. The lowest BCUT2D eigenvalue weighted by atomic mass is 9.96. The molecule has 0 spiro atoms. The zero-order valence-corrected chi connectivity index (χ0v) is 19.1. The summed E-state index contributed by atoms with van der Waals surface area (Å²) in [6.07, 6.45) is -0.0779. The van der Waals surface area contributed by atoms with Gasteiger partial charge in [-0.3, -0.25) is 4.79 Å². The Morgan fingerprint density at radius 3 is 2.56 bits per heavy atom. The highest BCUT2D eigenvalue weighted by Crippen LogP contribution is 2.37. The summed E-state index contributed by atoms with van der Waals surface area (Å²) in [6.45, 7) is 7.77. The average molecular weight is 436 g/mol. The molecule has 1 N–H and O–H groups in total. The van der Waals surface area contributed by atoms with E-state index in [4.69, 9.17) is 14.5 Å². The van der Waals surface area contributed by atoms with Crippen molar-refractivity contribution < 1.29 is 19.1 Å². The Labute approximate surface area is 187 Å². The van der Waals surface area contributed by atoms with Crippen molar-refractivity contribution in [2.24, 2.45) is 0 Å². The smallest absolute Gasteiger partial charge is 0.417 e. The molecule has 1 aromatic heterocycles. The van der Waals surface area contributed by atoms with Crippen molar-refractivity contribution in [3.05, 3.63) is 59.4 Å². The monoisotopic (exact) mass is 435 g/mol. The fourth-order valence-electron chi connectivity index (χ4n) is 4.13. The van der Waals surface area contributed by atoms with E-state index in [9.17, 15) is 9.59 Å². The van der Waals surface area contributed by atoms with E-state index in [1.807, 2.05) is 30.3 Å². The van der Waals surface area contributed by atoms with Crippen LogP contribution < -0.4 is 4.74 Å². The van der Waals surface area contributed by atoms with Gasteiger partial charge in [0, 0.05) is 12.5 Å². The number of hydrogen-bond donors (Lipinski definition) is 1. The van der Waals surface area contributed by atoms with Gasteiger partial charge in [-0.05, 0) is 44.4 Å². The topological polar surface area (TPSA) is 84.5 Å². The Hall–Kier alpha value is -3.35. The highest BCUT2D eigenvalue weighted by atomic mass is 16.6. The van der Waals surface area contributed by atoms with Crippen molar-refractivity contribution in [3.63, 3.8) is 0 Å². The van der Waals surface area contributed by atoms with Gasteiger partial charge in [-0.25, -0.2) is 14.7 Å². The van der Waals surface area contributed by atoms with Gasteiger partial charge in [0.05, 0.1) is 18.5 Å². The first-order valence-corrected chi connectivity index (χ1v) is 10.9. The Balaban J connectivity index is 1.70. The van der Waals surface area contributed by atoms with Crippen LogP contribution in [-0.2, 0) is 9.53 Å². The van der Waals surface area contributed by atoms with Crippen LogP contribution in [0.2, 0.25) is 0 Å². The number of fused-ring (bicyclic) bond motifs is 1. The van der Waals surface area contributed by atoms with Gasteiger partial charge in [0.25, 0.3) is 0 Å². The number of rotatable bonds is 4. The van der Waals surface area contributed by atoms with Crippen LogP contribution in [0.3, 0.4) is 0 Å². The normalized spacial score (nSPS) is 17.6. The zero-order chi connectivity index (χ0) is 23.0. The summed E-state index contributed by atoms with van der Waals surface area (Å²) in [4.78, 5) is 35.1. The number of carbonyl (C=O) groups excluding carboxylic acids is 2. The molecule has 0 bridgehead atoms. The van der Waals surface area contributed by atoms with Gasteiger partial charge in [0.15, 0.2) is 0 Å². The molecular formula is C25H29N3O4. The number of nitrogens with zero attached hydrogens (tertiary/aromatic N) is 2. The highest BCUT2D eigenvalue weighted by molar-refractivity contribution is 6.00. The van der Waals surface area contributed by atoms with Crippen LogP contribution in [0.25, 0.3) is 11.0 Å². The van der Waals surface area contributed by atoms with Crippen LogP contribution in [0.4, 0.5) is 4.79 Å². The molecule has 0 aliphatic carbocycles. The van der Waals surface area contributed by atoms with Crippen LogP contribution in [0.1, 0.15) is 62.9 Å². The van der Waals surface area contributed by atoms with Gasteiger partial charge < -0.3 is 14.5 Å². The van der Waals surface area contributed by atoms with Crippen LogP contribution in [0.5, 0.6) is 5.75 Å². The first-order valence-electron chi connectivity index (χ1n) is 10.9. The maximum absolute atomic E-state index is 13.1. The minimum absolute atomic E-state index is 0.0405. The third kappa shape index (κ3) is 4.07. The third-order valence-corrected chi connectivity index (χ3v) is 5.78. The Kier molecular flexibility index (Phi) is 5.67. The third-order valence-electron chi connectivity index (χ3n) is 5.78. The largest absolute Gasteiger partial charge is 0.494 e. The van der Waals surface area contributed by atoms with Crippen LogP contribution in [0.15, 0.2) is 42.5 Å². The average Bonchev–Trinajstić information content (AvgIpc) is 3.36. The fourth-order valence-corrected chi connectivity index (χ4v) is 4.13. The molecule has 7 heteroatoms. The fraction of sp³-hybridized carbons (Fsp3) is 0.400. The number of H-pyrrole nitrogens is 1. The maximum atomic E-state index is 13.1. The van der Waals surface area contributed by atoms with Gasteiger partial charge in [-0.2, -0.15) is 0 Å². The van der Waals surface area contributed by atoms with E-state index in [0.717, 1.165) is 22.5 Å². The number of likely N-dealkylation sites (tertiary alicyclic amines) is 1. The van der Waals surface area contributed by atoms with E-state index in [0.29, 0.717) is 24.2 Å². The van der Waals surface area contributed by atoms with Gasteiger partial charge in [0.2, 0.25) is 5.91 Å². The molecule has 1 aliphatic rings. The molecule has 3 aromatic rings. The number of ether oxygens (including phenoxy) is 2. The minimum Gasteiger partial charge on any atom is -0.494 e. The van der Waals surface area contributed by atoms with Gasteiger partial charge in [-0.15, -0.1) is 0 Å². The van der Waals surface area contributed by atoms with E-state index in [1.54, 1.807) is 27.9 Å². The molecule has 1 saturated heterocycles. The number of amides is 2. The van der Waals surface area contributed by atoms with Crippen LogP contribution >= 0.6 is 0 Å². The highest BCUT2D eigenvalue weighted by Gasteiger charge is 2.40. The number of nitrogens with one attached hydrogen (secondary N) is 1. The lowest BCUT2D eigenvalue weighted by Gasteiger charge is -2.23. The van der Waals surface area contributed by atoms with Crippen LogP contribution in [-0.4, -0.2) is 46.1 Å². The molecule has 2 heterocycles. The molecule has 2 amide bonds. The number of carbonyl (C=O) groups is 2. The molecule has 0 radical (unpaired) electrons. The van der Waals surface area contributed by atoms with Crippen LogP contribution in [0, 0.1) is 0 Å². The lowest BCUT2D eigenvalue weighted by molar-refractivity contribution is -0.128. The maximum Gasteiger partial charge on any atom is 0.417 e. The number of benzene rings is 2. The summed E-state index contributed by atoms with van der Waals surface area (Å²) in [6, 6.07) is 13.8. The number of methoxy groups -OCH3 is 1. The molecule has 4 rings (SSSR count). The summed E-state index contributed by atoms with van der Waals surface area (Å²) in [5, 5.41) is 0. The van der Waals surface area contributed by atoms with Crippen molar-refractivity contribution in [1.29, 1.82) is 0 Å². The van der Waals surface area contributed by atoms with Gasteiger partial charge in [0.1, 0.15) is 22.7 Å². The van der Waals surface area contributed by atoms with E-state index in [1.165, 1.54) is 4.90 Å². The summed E-state index contributed by atoms with van der Waals surface area (Å²) < 4.78 is 11.0. The summed E-state index contributed by atoms with van der Waals surface area (Å²) >= 11 is 0. The first kappa shape index (κ1) is 21.9. The van der Waals surface area contributed by atoms with Crippen molar-refractivity contribution in [2.45, 2.75) is 51.6 Å². The molecule has 2 unspecified atom stereocenters. The van der Waals surface area contributed by atoms with E-state index < -0.39 is 17.6 Å². The van der Waals surface area contributed by atoms with Gasteiger partial charge in [-0.1, -0.05) is 43.3 Å². The molecule has 32 heavy (non-hydrogen) atoms. The standard InChI is InChI=1S/C25H29N3O4/c1-15(16-9-7-6-8-10-16)22-26-20-17(11-12-19(31-5)21(20)27-22)18-13-14-28(23(18)29)24(30)32-25(2,3)4/h6-12,15,18H,13-14H2,1-5H3,(H,26,27). The molecule has 1 fully saturated rings. The Bertz CT molecular complexity index is 1150. The second kappa shape index (κ2) is 8.30. The van der Waals surface area contributed by atoms with Crippen molar-refractivity contribution in [1.82, 2.24) is 14.9 Å². The second-order valence-corrected chi connectivity index (χ2v) is 9.15. The zero-order valence-electron chi connectivity index (χ0n) is 19.1. The number of imidazole rings is 1. The van der Waals surface area contributed by atoms with Crippen molar-refractivity contribution in [2.75, 3.05) is 13.7 Å². The first-order chi connectivity index (χ1) is 15.2. The van der Waals surface area contributed by atoms with Gasteiger partial charge >= 0.3 is 6.09 Å². The van der Waals surface area contributed by atoms with Crippen molar-refractivity contribution in [3.8, 4) is 5.75 Å². The SMILES string of the molecule is COc1ccc(C2CCN(C(=O)OC(C)(C)C)C2=O)c2nc(C(C)c3ccccc3)[nH]c12. The predicted molar refractivity (Wildman–Crippen MR) is 122 cm³/mol. The summed E-state index contributed by atoms with van der Waals surface area (Å²) in [5.74, 6) is 0.785. The minimum atomic E-state index is -0.659. The molecule has 168 valence electrons. The summed E-state index contributed by atoms with van der Waals surface area (Å²) in [7, 11) is 1.61. The van der Waals surface area contributed by atoms with E-state index in [2.05, 4.69) is 24.0 Å². The number of aromatic nitrogens is 2. The number of imide groups is 1. The Morgan fingerprint density at radius 1 is 1.19 bits per heavy atom. The van der Waals surface area contributed by atoms with Crippen molar-refractivity contribution >= 4 is 23.0 Å². The molecule has 0 saturated carbocycles. The molecule has 7 nitrogen and oxygen atoms in total. The van der Waals surface area contributed by atoms with E-state index >= 15 is 0 Å². The number of aromatic amines is 1. The molecular weight excluding hydrogens is 406 g/mol. The number of hydrogen-bond acceptors (Lipinski definition) is 5. The second-order valence-electron chi connectivity index (χ2n) is 9.15. The molecule has 2 aromatic carbocycles. The van der Waals surface area contributed by atoms with E-state index in [-0.39, 0.29) is 11.8 Å². The predicted octanol–water partition coefficient (Wildman–Crippen LogP) is 4.97. The molecule has 2 atom stereocenters.